The average Bonchev–Trinajstić information content (AvgIpc) is 2.74. The largest absolute Gasteiger partial charge is 0.492 e. The Kier molecular flexibility index (Phi) is 1.63. The van der Waals surface area contributed by atoms with Gasteiger partial charge in [-0.3, -0.25) is 0 Å². The van der Waals surface area contributed by atoms with Crippen LogP contribution in [-0.2, 0) is 12.0 Å². The Morgan fingerprint density at radius 2 is 2.00 bits per heavy atom. The van der Waals surface area contributed by atoms with E-state index in [1.54, 1.807) is 0 Å². The smallest absolute Gasteiger partial charge is 0.134 e. The Labute approximate surface area is 86.0 Å². The van der Waals surface area contributed by atoms with Gasteiger partial charge >= 0.3 is 0 Å². The van der Waals surface area contributed by atoms with Crippen molar-refractivity contribution in [2.24, 2.45) is 5.73 Å². The normalized spacial score (nSPS) is 21.0. The highest BCUT2D eigenvalue weighted by Crippen LogP contribution is 2.50. The molecule has 2 N–H and O–H groups in total. The van der Waals surface area contributed by atoms with Crippen LogP contribution in [0, 0.1) is 11.6 Å². The third kappa shape index (κ3) is 1.17. The minimum Gasteiger partial charge on any atom is -0.492 e. The lowest BCUT2D eigenvalue weighted by Crippen LogP contribution is -2.21. The van der Waals surface area contributed by atoms with Gasteiger partial charge in [0.25, 0.3) is 0 Å². The van der Waals surface area contributed by atoms with Crippen molar-refractivity contribution in [2.45, 2.75) is 24.8 Å². The van der Waals surface area contributed by atoms with Crippen LogP contribution in [0.25, 0.3) is 0 Å². The van der Waals surface area contributed by atoms with E-state index in [1.807, 2.05) is 0 Å². The Hall–Kier alpha value is -1.16. The van der Waals surface area contributed by atoms with E-state index in [0.29, 0.717) is 29.9 Å². The maximum Gasteiger partial charge on any atom is 0.134 e. The van der Waals surface area contributed by atoms with E-state index < -0.39 is 17.2 Å². The number of hydrogen-bond acceptors (Lipinski definition) is 2. The summed E-state index contributed by atoms with van der Waals surface area (Å²) >= 11 is 0. The van der Waals surface area contributed by atoms with Crippen LogP contribution in [0.15, 0.2) is 6.07 Å². The zero-order valence-electron chi connectivity index (χ0n) is 8.15. The van der Waals surface area contributed by atoms with Crippen molar-refractivity contribution in [1.82, 2.24) is 0 Å². The Morgan fingerprint density at radius 1 is 1.27 bits per heavy atom. The molecule has 1 aromatic rings. The van der Waals surface area contributed by atoms with E-state index in [2.05, 4.69) is 0 Å². The van der Waals surface area contributed by atoms with E-state index in [0.717, 1.165) is 18.9 Å². The van der Waals surface area contributed by atoms with Crippen molar-refractivity contribution in [2.75, 3.05) is 6.61 Å². The molecule has 1 heterocycles. The van der Waals surface area contributed by atoms with Crippen LogP contribution < -0.4 is 10.5 Å². The van der Waals surface area contributed by atoms with Crippen LogP contribution in [0.5, 0.6) is 5.75 Å². The SMILES string of the molecule is NC1(c2c(F)cc(F)c3c2OCC3)CC1. The van der Waals surface area contributed by atoms with Gasteiger partial charge in [-0.05, 0) is 12.8 Å². The summed E-state index contributed by atoms with van der Waals surface area (Å²) in [7, 11) is 0. The van der Waals surface area contributed by atoms with Gasteiger partial charge in [0.15, 0.2) is 0 Å². The monoisotopic (exact) mass is 211 g/mol. The van der Waals surface area contributed by atoms with E-state index >= 15 is 0 Å². The molecule has 1 aliphatic heterocycles. The first kappa shape index (κ1) is 9.09. The Bertz CT molecular complexity index is 441. The standard InChI is InChI=1S/C11H11F2NO/c12-7-5-8(13)9(11(14)2-3-11)10-6(7)1-4-15-10/h5H,1-4,14H2. The summed E-state index contributed by atoms with van der Waals surface area (Å²) in [6.07, 6.45) is 1.99. The number of ether oxygens (including phenoxy) is 1. The van der Waals surface area contributed by atoms with Crippen LogP contribution in [-0.4, -0.2) is 6.61 Å². The van der Waals surface area contributed by atoms with Crippen LogP contribution in [0.2, 0.25) is 0 Å². The van der Waals surface area contributed by atoms with Gasteiger partial charge in [0.05, 0.1) is 12.2 Å². The highest BCUT2D eigenvalue weighted by Gasteiger charge is 2.46. The highest BCUT2D eigenvalue weighted by atomic mass is 19.1. The molecule has 2 nitrogen and oxygen atoms in total. The molecule has 1 aliphatic carbocycles. The first-order valence-corrected chi connectivity index (χ1v) is 5.05. The molecule has 15 heavy (non-hydrogen) atoms. The summed E-state index contributed by atoms with van der Waals surface area (Å²) < 4.78 is 32.3. The molecule has 0 amide bonds. The third-order valence-corrected chi connectivity index (χ3v) is 3.17. The summed E-state index contributed by atoms with van der Waals surface area (Å²) in [5, 5.41) is 0. The maximum atomic E-state index is 13.6. The molecule has 1 fully saturated rings. The second kappa shape index (κ2) is 2.70. The van der Waals surface area contributed by atoms with Crippen LogP contribution in [0.4, 0.5) is 8.78 Å². The van der Waals surface area contributed by atoms with Gasteiger partial charge in [0.2, 0.25) is 0 Å². The quantitative estimate of drug-likeness (QED) is 0.769. The van der Waals surface area contributed by atoms with Gasteiger partial charge in [-0.25, -0.2) is 8.78 Å². The van der Waals surface area contributed by atoms with Gasteiger partial charge in [0.1, 0.15) is 17.4 Å². The third-order valence-electron chi connectivity index (χ3n) is 3.17. The number of halogens is 2. The van der Waals surface area contributed by atoms with E-state index in [1.165, 1.54) is 0 Å². The molecular formula is C11H11F2NO. The fourth-order valence-corrected chi connectivity index (χ4v) is 2.13. The van der Waals surface area contributed by atoms with Gasteiger partial charge < -0.3 is 10.5 Å². The van der Waals surface area contributed by atoms with Crippen LogP contribution in [0.3, 0.4) is 0 Å². The molecular weight excluding hydrogens is 200 g/mol. The zero-order chi connectivity index (χ0) is 10.6. The maximum absolute atomic E-state index is 13.6. The Morgan fingerprint density at radius 3 is 2.67 bits per heavy atom. The Balaban J connectivity index is 2.25. The zero-order valence-corrected chi connectivity index (χ0v) is 8.15. The molecule has 1 aromatic carbocycles. The van der Waals surface area contributed by atoms with Gasteiger partial charge in [0, 0.05) is 23.6 Å². The molecule has 1 saturated carbocycles. The second-order valence-electron chi connectivity index (χ2n) is 4.28. The van der Waals surface area contributed by atoms with Crippen molar-refractivity contribution in [3.05, 3.63) is 28.8 Å². The average molecular weight is 211 g/mol. The van der Waals surface area contributed by atoms with Gasteiger partial charge in [-0.1, -0.05) is 0 Å². The lowest BCUT2D eigenvalue weighted by atomic mass is 9.99. The van der Waals surface area contributed by atoms with E-state index in [4.69, 9.17) is 10.5 Å². The van der Waals surface area contributed by atoms with Crippen molar-refractivity contribution in [3.63, 3.8) is 0 Å². The van der Waals surface area contributed by atoms with Gasteiger partial charge in [-0.2, -0.15) is 0 Å². The minimum absolute atomic E-state index is 0.354. The van der Waals surface area contributed by atoms with Gasteiger partial charge in [-0.15, -0.1) is 0 Å². The van der Waals surface area contributed by atoms with Crippen molar-refractivity contribution >= 4 is 0 Å². The van der Waals surface area contributed by atoms with Crippen LogP contribution in [0.1, 0.15) is 24.0 Å². The molecule has 0 radical (unpaired) electrons. The molecule has 2 aliphatic rings. The number of benzene rings is 1. The van der Waals surface area contributed by atoms with Crippen molar-refractivity contribution in [3.8, 4) is 5.75 Å². The van der Waals surface area contributed by atoms with Crippen LogP contribution >= 0.6 is 0 Å². The summed E-state index contributed by atoms with van der Waals surface area (Å²) in [6.45, 7) is 0.415. The summed E-state index contributed by atoms with van der Waals surface area (Å²) in [5.41, 5.74) is 6.18. The number of hydrogen-bond donors (Lipinski definition) is 1. The predicted molar refractivity (Wildman–Crippen MR) is 50.7 cm³/mol. The lowest BCUT2D eigenvalue weighted by molar-refractivity contribution is 0.347. The first-order valence-electron chi connectivity index (χ1n) is 5.05. The molecule has 4 heteroatoms. The fraction of sp³-hybridized carbons (Fsp3) is 0.455. The first-order chi connectivity index (χ1) is 7.12. The molecule has 3 rings (SSSR count). The molecule has 0 atom stereocenters. The van der Waals surface area contributed by atoms with E-state index in [9.17, 15) is 8.78 Å². The minimum atomic E-state index is -0.619. The number of fused-ring (bicyclic) bond motifs is 1. The summed E-state index contributed by atoms with van der Waals surface area (Å²) in [5.74, 6) is -0.742. The second-order valence-corrected chi connectivity index (χ2v) is 4.28. The molecule has 0 unspecified atom stereocenters. The molecule has 80 valence electrons. The number of rotatable bonds is 1. The number of nitrogens with two attached hydrogens (primary N) is 1. The predicted octanol–water partition coefficient (Wildman–Crippen LogP) is 1.85. The van der Waals surface area contributed by atoms with Crippen molar-refractivity contribution < 1.29 is 13.5 Å². The fourth-order valence-electron chi connectivity index (χ4n) is 2.13. The summed E-state index contributed by atoms with van der Waals surface area (Å²) in [4.78, 5) is 0. The molecule has 0 bridgehead atoms. The topological polar surface area (TPSA) is 35.2 Å². The summed E-state index contributed by atoms with van der Waals surface area (Å²) in [6, 6.07) is 0.926. The molecule has 0 aromatic heterocycles. The lowest BCUT2D eigenvalue weighted by Gasteiger charge is -2.15. The molecule has 0 spiro atoms. The van der Waals surface area contributed by atoms with E-state index in [-0.39, 0.29) is 0 Å². The molecule has 0 saturated heterocycles. The van der Waals surface area contributed by atoms with Crippen molar-refractivity contribution in [1.29, 1.82) is 0 Å². The highest BCUT2D eigenvalue weighted by molar-refractivity contribution is 5.51.